The van der Waals surface area contributed by atoms with Crippen molar-refractivity contribution in [2.45, 2.75) is 33.4 Å². The largest absolute Gasteiger partial charge is 0.493 e. The van der Waals surface area contributed by atoms with Gasteiger partial charge in [0.25, 0.3) is 0 Å². The number of ether oxygens (including phenoxy) is 2. The molecule has 5 nitrogen and oxygen atoms in total. The van der Waals surface area contributed by atoms with Crippen LogP contribution in [-0.2, 0) is 6.54 Å². The Hall–Kier alpha value is -1.58. The Labute approximate surface area is 158 Å². The number of aliphatic imine (C=N–C) groups is 1. The number of rotatable bonds is 9. The standard InChI is InChI=1S/C16H23F2N3O2.HI/c1-4-7-22-13-6-5-12(14(8-13)23-15(17)18)10-21-16(19)20-9-11(2)3;/h5-6,8,15H,2,4,7,9-10H2,1,3H3,(H3,19,20,21);1H. The molecule has 0 spiro atoms. The molecule has 1 rings (SSSR count). The molecule has 0 saturated heterocycles. The van der Waals surface area contributed by atoms with Crippen molar-refractivity contribution in [2.24, 2.45) is 10.7 Å². The summed E-state index contributed by atoms with van der Waals surface area (Å²) in [5.74, 6) is 0.718. The Balaban J connectivity index is 0.00000529. The van der Waals surface area contributed by atoms with E-state index in [1.165, 1.54) is 6.07 Å². The molecule has 0 saturated carbocycles. The Kier molecular flexibility index (Phi) is 11.1. The first kappa shape index (κ1) is 22.4. The van der Waals surface area contributed by atoms with Crippen molar-refractivity contribution in [1.29, 1.82) is 0 Å². The minimum atomic E-state index is -2.92. The quantitative estimate of drug-likeness (QED) is 0.258. The summed E-state index contributed by atoms with van der Waals surface area (Å²) in [6.45, 7) is 5.75. The summed E-state index contributed by atoms with van der Waals surface area (Å²) in [4.78, 5) is 4.10. The third kappa shape index (κ3) is 8.90. The van der Waals surface area contributed by atoms with Gasteiger partial charge in [-0.15, -0.1) is 24.0 Å². The highest BCUT2D eigenvalue weighted by atomic mass is 127. The molecule has 0 bridgehead atoms. The van der Waals surface area contributed by atoms with Crippen LogP contribution in [0.15, 0.2) is 35.3 Å². The summed E-state index contributed by atoms with van der Waals surface area (Å²) in [6, 6.07) is 4.76. The van der Waals surface area contributed by atoms with Crippen molar-refractivity contribution >= 4 is 29.9 Å². The van der Waals surface area contributed by atoms with Crippen LogP contribution in [0.25, 0.3) is 0 Å². The van der Waals surface area contributed by atoms with Gasteiger partial charge in [0.05, 0.1) is 13.2 Å². The van der Waals surface area contributed by atoms with Crippen LogP contribution in [0.1, 0.15) is 25.8 Å². The number of benzene rings is 1. The number of hydrogen-bond donors (Lipinski definition) is 2. The molecule has 1 aromatic carbocycles. The molecular weight excluding hydrogens is 431 g/mol. The first-order valence-corrected chi connectivity index (χ1v) is 7.31. The highest BCUT2D eigenvalue weighted by Crippen LogP contribution is 2.27. The molecule has 0 unspecified atom stereocenters. The maximum atomic E-state index is 12.5. The van der Waals surface area contributed by atoms with Crippen LogP contribution >= 0.6 is 24.0 Å². The van der Waals surface area contributed by atoms with Crippen LogP contribution in [0.2, 0.25) is 0 Å². The maximum Gasteiger partial charge on any atom is 0.387 e. The highest BCUT2D eigenvalue weighted by Gasteiger charge is 2.11. The van der Waals surface area contributed by atoms with Gasteiger partial charge in [-0.05, 0) is 25.5 Å². The predicted octanol–water partition coefficient (Wildman–Crippen LogP) is 3.68. The monoisotopic (exact) mass is 455 g/mol. The van der Waals surface area contributed by atoms with Crippen LogP contribution in [0, 0.1) is 0 Å². The molecule has 0 atom stereocenters. The fourth-order valence-corrected chi connectivity index (χ4v) is 1.65. The number of nitrogens with zero attached hydrogens (tertiary/aromatic N) is 1. The fourth-order valence-electron chi connectivity index (χ4n) is 1.65. The third-order valence-corrected chi connectivity index (χ3v) is 2.72. The predicted molar refractivity (Wildman–Crippen MR) is 102 cm³/mol. The van der Waals surface area contributed by atoms with Gasteiger partial charge in [0, 0.05) is 18.2 Å². The summed E-state index contributed by atoms with van der Waals surface area (Å²) < 4.78 is 35.0. The van der Waals surface area contributed by atoms with E-state index < -0.39 is 6.61 Å². The lowest BCUT2D eigenvalue weighted by Crippen LogP contribution is -2.32. The van der Waals surface area contributed by atoms with Crippen LogP contribution in [-0.4, -0.2) is 25.7 Å². The molecule has 1 aromatic rings. The van der Waals surface area contributed by atoms with Crippen LogP contribution < -0.4 is 20.5 Å². The van der Waals surface area contributed by atoms with Crippen molar-refractivity contribution < 1.29 is 18.3 Å². The van der Waals surface area contributed by atoms with E-state index in [0.29, 0.717) is 24.5 Å². The molecule has 0 aliphatic rings. The van der Waals surface area contributed by atoms with Gasteiger partial charge >= 0.3 is 6.61 Å². The minimum Gasteiger partial charge on any atom is -0.493 e. The normalized spacial score (nSPS) is 11.0. The number of nitrogens with two attached hydrogens (primary N) is 1. The Morgan fingerprint density at radius 1 is 1.42 bits per heavy atom. The Morgan fingerprint density at radius 2 is 2.12 bits per heavy atom. The van der Waals surface area contributed by atoms with Gasteiger partial charge in [0.15, 0.2) is 5.96 Å². The molecule has 0 radical (unpaired) electrons. The summed E-state index contributed by atoms with van der Waals surface area (Å²) in [5.41, 5.74) is 7.10. The number of guanidine groups is 1. The molecule has 3 N–H and O–H groups in total. The number of alkyl halides is 2. The summed E-state index contributed by atoms with van der Waals surface area (Å²) in [7, 11) is 0. The summed E-state index contributed by atoms with van der Waals surface area (Å²) >= 11 is 0. The third-order valence-electron chi connectivity index (χ3n) is 2.72. The van der Waals surface area contributed by atoms with E-state index in [4.69, 9.17) is 10.5 Å². The molecule has 0 aliphatic heterocycles. The zero-order valence-corrected chi connectivity index (χ0v) is 16.2. The van der Waals surface area contributed by atoms with Crippen LogP contribution in [0.5, 0.6) is 11.5 Å². The van der Waals surface area contributed by atoms with Crippen molar-refractivity contribution in [3.05, 3.63) is 35.9 Å². The van der Waals surface area contributed by atoms with E-state index in [1.54, 1.807) is 12.1 Å². The second-order valence-electron chi connectivity index (χ2n) is 5.01. The first-order chi connectivity index (χ1) is 10.9. The van der Waals surface area contributed by atoms with Gasteiger partial charge < -0.3 is 20.5 Å². The van der Waals surface area contributed by atoms with E-state index in [-0.39, 0.29) is 42.2 Å². The van der Waals surface area contributed by atoms with Crippen molar-refractivity contribution in [3.63, 3.8) is 0 Å². The van der Waals surface area contributed by atoms with Gasteiger partial charge in [0.2, 0.25) is 0 Å². The van der Waals surface area contributed by atoms with E-state index >= 15 is 0 Å². The molecule has 8 heteroatoms. The van der Waals surface area contributed by atoms with Crippen LogP contribution in [0.3, 0.4) is 0 Å². The lowest BCUT2D eigenvalue weighted by atomic mass is 10.2. The van der Waals surface area contributed by atoms with E-state index in [2.05, 4.69) is 21.6 Å². The average molecular weight is 455 g/mol. The lowest BCUT2D eigenvalue weighted by Gasteiger charge is -2.12. The van der Waals surface area contributed by atoms with Gasteiger partial charge in [-0.25, -0.2) is 4.99 Å². The van der Waals surface area contributed by atoms with Gasteiger partial charge in [-0.1, -0.05) is 19.1 Å². The van der Waals surface area contributed by atoms with Gasteiger partial charge in [0.1, 0.15) is 11.5 Å². The van der Waals surface area contributed by atoms with Gasteiger partial charge in [-0.2, -0.15) is 8.78 Å². The molecule has 0 fully saturated rings. The molecule has 24 heavy (non-hydrogen) atoms. The van der Waals surface area contributed by atoms with Gasteiger partial charge in [-0.3, -0.25) is 0 Å². The molecule has 0 aliphatic carbocycles. The average Bonchev–Trinajstić information content (AvgIpc) is 2.49. The highest BCUT2D eigenvalue weighted by molar-refractivity contribution is 14.0. The SMILES string of the molecule is C=C(C)CNC(N)=NCc1ccc(OCCC)cc1OC(F)F.I. The Morgan fingerprint density at radius 3 is 2.71 bits per heavy atom. The first-order valence-electron chi connectivity index (χ1n) is 7.31. The number of hydrogen-bond acceptors (Lipinski definition) is 3. The number of nitrogens with one attached hydrogen (secondary N) is 1. The smallest absolute Gasteiger partial charge is 0.387 e. The van der Waals surface area contributed by atoms with Crippen molar-refractivity contribution in [3.8, 4) is 11.5 Å². The zero-order valence-electron chi connectivity index (χ0n) is 13.9. The molecular formula is C16H24F2IN3O2. The van der Waals surface area contributed by atoms with E-state index in [1.807, 2.05) is 13.8 Å². The second-order valence-corrected chi connectivity index (χ2v) is 5.01. The second kappa shape index (κ2) is 11.9. The number of halogens is 3. The molecule has 0 aromatic heterocycles. The van der Waals surface area contributed by atoms with Crippen molar-refractivity contribution in [2.75, 3.05) is 13.2 Å². The topological polar surface area (TPSA) is 68.9 Å². The maximum absolute atomic E-state index is 12.5. The lowest BCUT2D eigenvalue weighted by molar-refractivity contribution is -0.0505. The zero-order chi connectivity index (χ0) is 17.2. The molecule has 136 valence electrons. The molecule has 0 amide bonds. The molecule has 0 heterocycles. The van der Waals surface area contributed by atoms with Crippen LogP contribution in [0.4, 0.5) is 8.78 Å². The fraction of sp³-hybridized carbons (Fsp3) is 0.438. The summed E-state index contributed by atoms with van der Waals surface area (Å²) in [5, 5.41) is 2.87. The Bertz CT molecular complexity index is 554. The summed E-state index contributed by atoms with van der Waals surface area (Å²) in [6.07, 6.45) is 0.821. The van der Waals surface area contributed by atoms with E-state index in [0.717, 1.165) is 12.0 Å². The van der Waals surface area contributed by atoms with E-state index in [9.17, 15) is 8.78 Å². The minimum absolute atomic E-state index is 0. The van der Waals surface area contributed by atoms with Crippen molar-refractivity contribution in [1.82, 2.24) is 5.32 Å².